The standard InChI is InChI=1S/C23H25IN2O3S/c1-2-15-30(28,29)26-13-11-23(12-14-26)19-9-5-3-7-17(19)16-21(23)25-22(27)18-8-4-6-10-20(18)24/h3-10H,2,11-16H2,1H3. The van der Waals surface area contributed by atoms with Gasteiger partial charge in [-0.3, -0.25) is 4.79 Å². The third kappa shape index (κ3) is 3.87. The molecule has 0 saturated carbocycles. The van der Waals surface area contributed by atoms with Gasteiger partial charge in [0.25, 0.3) is 5.91 Å². The quantitative estimate of drug-likeness (QED) is 0.551. The van der Waals surface area contributed by atoms with Crippen LogP contribution in [0.2, 0.25) is 0 Å². The van der Waals surface area contributed by atoms with Gasteiger partial charge in [-0.25, -0.2) is 17.7 Å². The number of carbonyl (C=O) groups excluding carboxylic acids is 1. The highest BCUT2D eigenvalue weighted by Gasteiger charge is 2.47. The van der Waals surface area contributed by atoms with E-state index in [1.807, 2.05) is 43.3 Å². The lowest BCUT2D eigenvalue weighted by atomic mass is 9.73. The number of piperidine rings is 1. The number of rotatable bonds is 4. The lowest BCUT2D eigenvalue weighted by molar-refractivity contribution is 0.100. The van der Waals surface area contributed by atoms with Crippen LogP contribution in [0.1, 0.15) is 47.7 Å². The van der Waals surface area contributed by atoms with Crippen LogP contribution in [-0.2, 0) is 21.9 Å². The Hall–Kier alpha value is -1.58. The maximum Gasteiger partial charge on any atom is 0.278 e. The molecule has 0 aromatic heterocycles. The zero-order valence-electron chi connectivity index (χ0n) is 17.0. The van der Waals surface area contributed by atoms with Crippen molar-refractivity contribution in [1.29, 1.82) is 0 Å². The van der Waals surface area contributed by atoms with E-state index in [1.54, 1.807) is 4.31 Å². The van der Waals surface area contributed by atoms with Crippen LogP contribution in [0, 0.1) is 3.57 Å². The summed E-state index contributed by atoms with van der Waals surface area (Å²) in [6.07, 6.45) is 2.58. The summed E-state index contributed by atoms with van der Waals surface area (Å²) in [5.41, 5.74) is 3.52. The van der Waals surface area contributed by atoms with Crippen molar-refractivity contribution in [3.05, 3.63) is 68.8 Å². The van der Waals surface area contributed by atoms with Gasteiger partial charge in [0.05, 0.1) is 11.3 Å². The van der Waals surface area contributed by atoms with E-state index < -0.39 is 10.0 Å². The summed E-state index contributed by atoms with van der Waals surface area (Å²) in [5.74, 6) is -0.0362. The van der Waals surface area contributed by atoms with Crippen LogP contribution in [0.3, 0.4) is 0 Å². The molecule has 2 aliphatic rings. The Kier molecular flexibility index (Phi) is 6.14. The van der Waals surface area contributed by atoms with Crippen LogP contribution >= 0.6 is 22.6 Å². The molecule has 1 fully saturated rings. The first-order chi connectivity index (χ1) is 14.4. The molecule has 1 aliphatic carbocycles. The maximum absolute atomic E-state index is 13.0. The van der Waals surface area contributed by atoms with Crippen molar-refractivity contribution in [2.45, 2.75) is 38.0 Å². The van der Waals surface area contributed by atoms with E-state index in [4.69, 9.17) is 0 Å². The maximum atomic E-state index is 13.0. The topological polar surface area (TPSA) is 66.8 Å². The second-order valence-corrected chi connectivity index (χ2v) is 11.2. The number of hydrogen-bond acceptors (Lipinski definition) is 3. The third-order valence-corrected chi connectivity index (χ3v) is 9.23. The van der Waals surface area contributed by atoms with Crippen molar-refractivity contribution in [1.82, 2.24) is 4.31 Å². The van der Waals surface area contributed by atoms with E-state index in [1.165, 1.54) is 11.1 Å². The Labute approximate surface area is 191 Å². The molecule has 2 aromatic rings. The van der Waals surface area contributed by atoms with Gasteiger partial charge in [-0.2, -0.15) is 0 Å². The Bertz CT molecular complexity index is 1100. The predicted molar refractivity (Wildman–Crippen MR) is 128 cm³/mol. The number of sulfonamides is 1. The largest absolute Gasteiger partial charge is 0.278 e. The van der Waals surface area contributed by atoms with Gasteiger partial charge in [0.15, 0.2) is 0 Å². The van der Waals surface area contributed by atoms with Crippen molar-refractivity contribution in [3.8, 4) is 0 Å². The van der Waals surface area contributed by atoms with Crippen LogP contribution in [0.25, 0.3) is 0 Å². The number of aliphatic imine (C=N–C) groups is 1. The van der Waals surface area contributed by atoms with Crippen molar-refractivity contribution in [2.75, 3.05) is 18.8 Å². The minimum Gasteiger partial charge on any atom is -0.267 e. The highest BCUT2D eigenvalue weighted by Crippen LogP contribution is 2.45. The number of hydrogen-bond donors (Lipinski definition) is 0. The third-order valence-electron chi connectivity index (χ3n) is 6.22. The summed E-state index contributed by atoms with van der Waals surface area (Å²) in [5, 5.41) is 0. The summed E-state index contributed by atoms with van der Waals surface area (Å²) in [6.45, 7) is 2.82. The highest BCUT2D eigenvalue weighted by atomic mass is 127. The second kappa shape index (κ2) is 8.51. The molecule has 0 radical (unpaired) electrons. The summed E-state index contributed by atoms with van der Waals surface area (Å²) in [7, 11) is -3.22. The zero-order chi connectivity index (χ0) is 21.4. The van der Waals surface area contributed by atoms with E-state index in [2.05, 4.69) is 39.7 Å². The van der Waals surface area contributed by atoms with Crippen molar-refractivity contribution in [3.63, 3.8) is 0 Å². The van der Waals surface area contributed by atoms with E-state index in [-0.39, 0.29) is 17.1 Å². The van der Waals surface area contributed by atoms with Crippen LogP contribution in [0.5, 0.6) is 0 Å². The Balaban J connectivity index is 1.69. The first-order valence-electron chi connectivity index (χ1n) is 10.3. The number of amides is 1. The fourth-order valence-electron chi connectivity index (χ4n) is 4.70. The second-order valence-electron chi connectivity index (χ2n) is 7.97. The fraction of sp³-hybridized carbons (Fsp3) is 0.391. The number of carbonyl (C=O) groups is 1. The Morgan fingerprint density at radius 2 is 1.77 bits per heavy atom. The first-order valence-corrected chi connectivity index (χ1v) is 13.0. The van der Waals surface area contributed by atoms with Gasteiger partial charge in [0.1, 0.15) is 0 Å². The summed E-state index contributed by atoms with van der Waals surface area (Å²) < 4.78 is 27.6. The van der Waals surface area contributed by atoms with Crippen molar-refractivity contribution in [2.24, 2.45) is 4.99 Å². The monoisotopic (exact) mass is 536 g/mol. The molecule has 7 heteroatoms. The molecule has 158 valence electrons. The summed E-state index contributed by atoms with van der Waals surface area (Å²) in [6, 6.07) is 15.7. The van der Waals surface area contributed by atoms with Gasteiger partial charge in [-0.05, 0) is 65.1 Å². The van der Waals surface area contributed by atoms with Gasteiger partial charge < -0.3 is 0 Å². The van der Waals surface area contributed by atoms with Gasteiger partial charge in [-0.1, -0.05) is 43.3 Å². The van der Waals surface area contributed by atoms with Crippen molar-refractivity contribution < 1.29 is 13.2 Å². The molecular weight excluding hydrogens is 511 g/mol. The Morgan fingerprint density at radius 3 is 2.47 bits per heavy atom. The number of nitrogens with zero attached hydrogens (tertiary/aromatic N) is 2. The average molecular weight is 536 g/mol. The summed E-state index contributed by atoms with van der Waals surface area (Å²) >= 11 is 2.16. The molecule has 0 N–H and O–H groups in total. The van der Waals surface area contributed by atoms with Crippen LogP contribution in [0.4, 0.5) is 0 Å². The molecule has 1 saturated heterocycles. The molecule has 5 nitrogen and oxygen atoms in total. The average Bonchev–Trinajstić information content (AvgIpc) is 3.01. The van der Waals surface area contributed by atoms with Gasteiger partial charge in [-0.15, -0.1) is 0 Å². The van der Waals surface area contributed by atoms with E-state index in [0.29, 0.717) is 44.3 Å². The smallest absolute Gasteiger partial charge is 0.267 e. The molecular formula is C23H25IN2O3S. The number of halogens is 1. The van der Waals surface area contributed by atoms with Crippen LogP contribution in [-0.4, -0.2) is 43.2 Å². The zero-order valence-corrected chi connectivity index (χ0v) is 19.9. The van der Waals surface area contributed by atoms with E-state index in [9.17, 15) is 13.2 Å². The summed E-state index contributed by atoms with van der Waals surface area (Å²) in [4.78, 5) is 17.6. The molecule has 0 unspecified atom stereocenters. The van der Waals surface area contributed by atoms with E-state index >= 15 is 0 Å². The normalized spacial score (nSPS) is 19.9. The fourth-order valence-corrected chi connectivity index (χ4v) is 6.83. The first kappa shape index (κ1) is 21.6. The molecule has 0 bridgehead atoms. The minimum absolute atomic E-state index is 0.183. The molecule has 2 aromatic carbocycles. The molecule has 30 heavy (non-hydrogen) atoms. The van der Waals surface area contributed by atoms with Gasteiger partial charge in [0, 0.05) is 34.2 Å². The van der Waals surface area contributed by atoms with Gasteiger partial charge in [0.2, 0.25) is 10.0 Å². The molecule has 1 heterocycles. The van der Waals surface area contributed by atoms with E-state index in [0.717, 1.165) is 9.28 Å². The SMILES string of the molecule is CCCS(=O)(=O)N1CCC2(CC1)C(=NC(=O)c1ccccc1I)Cc1ccccc12. The lowest BCUT2D eigenvalue weighted by Gasteiger charge is -2.39. The Morgan fingerprint density at radius 1 is 1.10 bits per heavy atom. The molecule has 1 amide bonds. The van der Waals surface area contributed by atoms with Crippen LogP contribution in [0.15, 0.2) is 53.5 Å². The predicted octanol–water partition coefficient (Wildman–Crippen LogP) is 4.20. The molecule has 4 rings (SSSR count). The van der Waals surface area contributed by atoms with Crippen LogP contribution < -0.4 is 0 Å². The molecule has 1 aliphatic heterocycles. The number of benzene rings is 2. The lowest BCUT2D eigenvalue weighted by Crippen LogP contribution is -2.48. The molecule has 1 spiro atoms. The number of fused-ring (bicyclic) bond motifs is 2. The van der Waals surface area contributed by atoms with Gasteiger partial charge >= 0.3 is 0 Å². The van der Waals surface area contributed by atoms with Crippen molar-refractivity contribution >= 4 is 44.2 Å². The highest BCUT2D eigenvalue weighted by molar-refractivity contribution is 14.1. The minimum atomic E-state index is -3.22. The molecule has 0 atom stereocenters.